The number of fused-ring (bicyclic) bond motifs is 3. The van der Waals surface area contributed by atoms with Crippen LogP contribution >= 0.6 is 15.9 Å². The minimum absolute atomic E-state index is 0.0382. The Hall–Kier alpha value is -2.34. The van der Waals surface area contributed by atoms with E-state index in [2.05, 4.69) is 57.3 Å². The zero-order valence-corrected chi connectivity index (χ0v) is 19.1. The highest BCUT2D eigenvalue weighted by Crippen LogP contribution is 2.50. The second-order valence-corrected chi connectivity index (χ2v) is 10.4. The van der Waals surface area contributed by atoms with E-state index in [9.17, 15) is 4.79 Å². The van der Waals surface area contributed by atoms with Crippen molar-refractivity contribution < 1.29 is 9.53 Å². The van der Waals surface area contributed by atoms with Crippen LogP contribution in [0.1, 0.15) is 51.9 Å². The highest BCUT2D eigenvalue weighted by molar-refractivity contribution is 9.10. The van der Waals surface area contributed by atoms with Crippen LogP contribution < -0.4 is 0 Å². The highest BCUT2D eigenvalue weighted by Gasteiger charge is 2.51. The maximum Gasteiger partial charge on any atom is 0.411 e. The number of benzene rings is 2. The van der Waals surface area contributed by atoms with Crippen LogP contribution in [0.25, 0.3) is 22.0 Å². The highest BCUT2D eigenvalue weighted by atomic mass is 79.9. The molecule has 0 radical (unpaired) electrons. The van der Waals surface area contributed by atoms with Gasteiger partial charge in [0.15, 0.2) is 0 Å². The van der Waals surface area contributed by atoms with Crippen LogP contribution in [-0.2, 0) is 4.74 Å². The summed E-state index contributed by atoms with van der Waals surface area (Å²) < 4.78 is 6.79. The average molecular weight is 468 g/mol. The number of likely N-dealkylation sites (tertiary alicyclic amines) is 1. The summed E-state index contributed by atoms with van der Waals surface area (Å²) in [4.78, 5) is 23.1. The summed E-state index contributed by atoms with van der Waals surface area (Å²) in [6.07, 6.45) is 4.87. The number of imidazole rings is 1. The van der Waals surface area contributed by atoms with E-state index in [1.807, 2.05) is 31.9 Å². The lowest BCUT2D eigenvalue weighted by Gasteiger charge is -2.35. The number of carbonyl (C=O) groups is 1. The number of halogens is 1. The number of carbonyl (C=O) groups excluding carboxylic acids is 1. The Morgan fingerprint density at radius 2 is 1.93 bits per heavy atom. The molecule has 3 unspecified atom stereocenters. The molecule has 0 spiro atoms. The van der Waals surface area contributed by atoms with Gasteiger partial charge in [0.05, 0.1) is 17.9 Å². The number of amides is 1. The summed E-state index contributed by atoms with van der Waals surface area (Å²) in [7, 11) is 0. The zero-order valence-electron chi connectivity index (χ0n) is 17.5. The summed E-state index contributed by atoms with van der Waals surface area (Å²) >= 11 is 3.53. The van der Waals surface area contributed by atoms with Crippen molar-refractivity contribution in [1.29, 1.82) is 0 Å². The molecule has 1 saturated carbocycles. The summed E-state index contributed by atoms with van der Waals surface area (Å²) in [6.45, 7) is 5.74. The maximum absolute atomic E-state index is 12.9. The van der Waals surface area contributed by atoms with E-state index in [0.29, 0.717) is 5.92 Å². The molecule has 3 aromatic rings. The smallest absolute Gasteiger partial charge is 0.411 e. The Morgan fingerprint density at radius 1 is 1.17 bits per heavy atom. The fourth-order valence-corrected chi connectivity index (χ4v) is 5.31. The SMILES string of the molecule is CC(C)(C)OC(=O)N1C2CCC(C2)C1c1ncc(-c2ccc3cc(Br)ccc3c2)[nH]1. The van der Waals surface area contributed by atoms with Crippen LogP contribution in [0.3, 0.4) is 0 Å². The largest absolute Gasteiger partial charge is 0.444 e. The Kier molecular flexibility index (Phi) is 4.65. The zero-order chi connectivity index (χ0) is 21.0. The lowest BCUT2D eigenvalue weighted by molar-refractivity contribution is 0.00620. The van der Waals surface area contributed by atoms with Crippen molar-refractivity contribution in [1.82, 2.24) is 14.9 Å². The van der Waals surface area contributed by atoms with Gasteiger partial charge in [0.25, 0.3) is 0 Å². The molecule has 2 heterocycles. The van der Waals surface area contributed by atoms with E-state index in [-0.39, 0.29) is 18.2 Å². The van der Waals surface area contributed by atoms with Crippen molar-refractivity contribution in [3.8, 4) is 11.3 Å². The number of aromatic amines is 1. The minimum Gasteiger partial charge on any atom is -0.444 e. The first-order valence-corrected chi connectivity index (χ1v) is 11.3. The first-order chi connectivity index (χ1) is 14.3. The Balaban J connectivity index is 1.45. The van der Waals surface area contributed by atoms with Gasteiger partial charge in [-0.2, -0.15) is 0 Å². The Labute approximate surface area is 185 Å². The standard InChI is InChI=1S/C24H26BrN3O2/c1-24(2,3)30-23(29)28-19-9-7-17(12-19)21(28)22-26-13-20(27-22)16-5-4-15-11-18(25)8-6-14(15)10-16/h4-6,8,10-11,13,17,19,21H,7,9,12H2,1-3H3,(H,26,27). The lowest BCUT2D eigenvalue weighted by atomic mass is 9.98. The van der Waals surface area contributed by atoms with E-state index < -0.39 is 5.60 Å². The fourth-order valence-electron chi connectivity index (χ4n) is 4.94. The molecule has 1 amide bonds. The summed E-state index contributed by atoms with van der Waals surface area (Å²) in [5.41, 5.74) is 1.56. The Bertz CT molecular complexity index is 1120. The quantitative estimate of drug-likeness (QED) is 0.470. The second-order valence-electron chi connectivity index (χ2n) is 9.45. The monoisotopic (exact) mass is 467 g/mol. The molecule has 6 heteroatoms. The van der Waals surface area contributed by atoms with Crippen molar-refractivity contribution in [2.45, 2.75) is 57.7 Å². The topological polar surface area (TPSA) is 58.2 Å². The molecule has 2 aliphatic rings. The van der Waals surface area contributed by atoms with Crippen molar-refractivity contribution in [3.05, 3.63) is 52.9 Å². The number of hydrogen-bond donors (Lipinski definition) is 1. The van der Waals surface area contributed by atoms with Gasteiger partial charge in [0.1, 0.15) is 11.4 Å². The number of H-pyrrole nitrogens is 1. The molecule has 1 aliphatic heterocycles. The van der Waals surface area contributed by atoms with Gasteiger partial charge in [-0.3, -0.25) is 4.90 Å². The molecule has 2 fully saturated rings. The van der Waals surface area contributed by atoms with E-state index in [4.69, 9.17) is 9.72 Å². The molecule has 30 heavy (non-hydrogen) atoms. The molecular weight excluding hydrogens is 442 g/mol. The third-order valence-electron chi connectivity index (χ3n) is 6.18. The van der Waals surface area contributed by atoms with Crippen LogP contribution in [0.2, 0.25) is 0 Å². The van der Waals surface area contributed by atoms with Crippen molar-refractivity contribution >= 4 is 32.8 Å². The molecular formula is C24H26BrN3O2. The predicted molar refractivity (Wildman–Crippen MR) is 121 cm³/mol. The molecule has 156 valence electrons. The predicted octanol–water partition coefficient (Wildman–Crippen LogP) is 6.45. The number of ether oxygens (including phenoxy) is 1. The van der Waals surface area contributed by atoms with Crippen LogP contribution in [0.5, 0.6) is 0 Å². The first kappa shape index (κ1) is 19.6. The molecule has 2 aromatic carbocycles. The van der Waals surface area contributed by atoms with E-state index in [1.165, 1.54) is 10.8 Å². The number of nitrogens with one attached hydrogen (secondary N) is 1. The number of rotatable bonds is 2. The molecule has 2 bridgehead atoms. The minimum atomic E-state index is -0.502. The van der Waals surface area contributed by atoms with Crippen LogP contribution in [0.15, 0.2) is 47.1 Å². The number of nitrogens with zero attached hydrogens (tertiary/aromatic N) is 2. The second kappa shape index (κ2) is 7.12. The fraction of sp³-hybridized carbons (Fsp3) is 0.417. The van der Waals surface area contributed by atoms with E-state index >= 15 is 0 Å². The normalized spacial score (nSPS) is 23.3. The van der Waals surface area contributed by atoms with Gasteiger partial charge in [0, 0.05) is 16.1 Å². The third kappa shape index (κ3) is 3.51. The summed E-state index contributed by atoms with van der Waals surface area (Å²) in [5.74, 6) is 1.30. The molecule has 1 aliphatic carbocycles. The molecule has 1 saturated heterocycles. The Morgan fingerprint density at radius 3 is 2.73 bits per heavy atom. The van der Waals surface area contributed by atoms with Crippen molar-refractivity contribution in [2.75, 3.05) is 0 Å². The van der Waals surface area contributed by atoms with Crippen LogP contribution in [-0.4, -0.2) is 32.6 Å². The van der Waals surface area contributed by atoms with Gasteiger partial charge in [-0.15, -0.1) is 0 Å². The van der Waals surface area contributed by atoms with Crippen LogP contribution in [0, 0.1) is 5.92 Å². The number of aromatic nitrogens is 2. The molecule has 5 rings (SSSR count). The van der Waals surface area contributed by atoms with Gasteiger partial charge >= 0.3 is 6.09 Å². The average Bonchev–Trinajstić information content (AvgIpc) is 3.41. The van der Waals surface area contributed by atoms with E-state index in [1.54, 1.807) is 0 Å². The number of hydrogen-bond acceptors (Lipinski definition) is 3. The van der Waals surface area contributed by atoms with Gasteiger partial charge in [-0.25, -0.2) is 9.78 Å². The molecule has 1 N–H and O–H groups in total. The lowest BCUT2D eigenvalue weighted by Crippen LogP contribution is -2.43. The van der Waals surface area contributed by atoms with Crippen LogP contribution in [0.4, 0.5) is 4.79 Å². The summed E-state index contributed by atoms with van der Waals surface area (Å²) in [6, 6.07) is 12.9. The van der Waals surface area contributed by atoms with Gasteiger partial charge < -0.3 is 9.72 Å². The number of piperidine rings is 1. The third-order valence-corrected chi connectivity index (χ3v) is 6.67. The van der Waals surface area contributed by atoms with Crippen molar-refractivity contribution in [3.63, 3.8) is 0 Å². The molecule has 5 nitrogen and oxygen atoms in total. The van der Waals surface area contributed by atoms with Crippen molar-refractivity contribution in [2.24, 2.45) is 5.92 Å². The maximum atomic E-state index is 12.9. The van der Waals surface area contributed by atoms with Gasteiger partial charge in [0.2, 0.25) is 0 Å². The molecule has 3 atom stereocenters. The first-order valence-electron chi connectivity index (χ1n) is 10.5. The van der Waals surface area contributed by atoms with Gasteiger partial charge in [-0.1, -0.05) is 34.1 Å². The summed E-state index contributed by atoms with van der Waals surface area (Å²) in [5, 5.41) is 2.37. The van der Waals surface area contributed by atoms with Gasteiger partial charge in [-0.05, 0) is 74.9 Å². The van der Waals surface area contributed by atoms with E-state index in [0.717, 1.165) is 40.8 Å². The molecule has 1 aromatic heterocycles.